The molecule has 2 atom stereocenters. The summed E-state index contributed by atoms with van der Waals surface area (Å²) in [6.45, 7) is 3.83. The number of carbonyl (C=O) groups is 3. The highest BCUT2D eigenvalue weighted by Gasteiger charge is 2.41. The monoisotopic (exact) mass is 447 g/mol. The van der Waals surface area contributed by atoms with Gasteiger partial charge >= 0.3 is 0 Å². The van der Waals surface area contributed by atoms with Crippen LogP contribution in [-0.2, 0) is 25.5 Å². The van der Waals surface area contributed by atoms with Crippen LogP contribution in [0.5, 0.6) is 0 Å². The fourth-order valence-electron chi connectivity index (χ4n) is 3.81. The molecule has 1 heterocycles. The van der Waals surface area contributed by atoms with Crippen molar-refractivity contribution in [1.82, 2.24) is 10.2 Å². The van der Waals surface area contributed by atoms with Crippen LogP contribution in [0, 0.1) is 0 Å². The van der Waals surface area contributed by atoms with E-state index in [1.807, 2.05) is 42.5 Å². The molecule has 3 amide bonds. The third kappa shape index (κ3) is 5.54. The van der Waals surface area contributed by atoms with E-state index in [0.717, 1.165) is 22.8 Å². The van der Waals surface area contributed by atoms with Crippen molar-refractivity contribution in [2.75, 3.05) is 13.7 Å². The summed E-state index contributed by atoms with van der Waals surface area (Å²) in [6.07, 6.45) is 1.55. The zero-order chi connectivity index (χ0) is 21.9. The molecule has 31 heavy (non-hydrogen) atoms. The highest BCUT2D eigenvalue weighted by Crippen LogP contribution is 2.23. The van der Waals surface area contributed by atoms with Crippen LogP contribution in [0.1, 0.15) is 32.3 Å². The van der Waals surface area contributed by atoms with Gasteiger partial charge in [0, 0.05) is 20.1 Å². The third-order valence-electron chi connectivity index (χ3n) is 5.76. The van der Waals surface area contributed by atoms with Gasteiger partial charge in [0.05, 0.1) is 0 Å². The van der Waals surface area contributed by atoms with Crippen molar-refractivity contribution in [1.29, 1.82) is 0 Å². The molecular weight excluding hydrogens is 418 g/mol. The molecule has 168 valence electrons. The molecule has 2 aromatic carbocycles. The second-order valence-electron chi connectivity index (χ2n) is 8.22. The largest absolute Gasteiger partial charge is 0.369 e. The van der Waals surface area contributed by atoms with Gasteiger partial charge in [0.1, 0.15) is 17.7 Å². The van der Waals surface area contributed by atoms with Gasteiger partial charge in [0.15, 0.2) is 0 Å². The van der Waals surface area contributed by atoms with Crippen LogP contribution in [0.2, 0.25) is 0 Å². The highest BCUT2D eigenvalue weighted by atomic mass is 35.5. The molecule has 0 saturated carbocycles. The molecule has 1 saturated heterocycles. The smallest absolute Gasteiger partial charge is 0.254 e. The first-order valence-electron chi connectivity index (χ1n) is 10.2. The normalized spacial score (nSPS) is 17.1. The summed E-state index contributed by atoms with van der Waals surface area (Å²) < 4.78 is 5.28. The van der Waals surface area contributed by atoms with E-state index in [9.17, 15) is 14.4 Å². The number of ether oxygens (including phenoxy) is 1. The highest BCUT2D eigenvalue weighted by molar-refractivity contribution is 5.94. The average Bonchev–Trinajstić information content (AvgIpc) is 3.22. The molecule has 2 aromatic rings. The number of hydrogen-bond donors (Lipinski definition) is 2. The quantitative estimate of drug-likeness (QED) is 0.679. The molecule has 0 bridgehead atoms. The zero-order valence-electron chi connectivity index (χ0n) is 18.1. The predicted molar refractivity (Wildman–Crippen MR) is 122 cm³/mol. The minimum Gasteiger partial charge on any atom is -0.369 e. The first-order chi connectivity index (χ1) is 14.2. The molecule has 1 aliphatic rings. The van der Waals surface area contributed by atoms with Crippen molar-refractivity contribution in [3.63, 3.8) is 0 Å². The fourth-order valence-corrected chi connectivity index (χ4v) is 3.81. The van der Waals surface area contributed by atoms with Gasteiger partial charge in [0.2, 0.25) is 11.8 Å². The van der Waals surface area contributed by atoms with Crippen molar-refractivity contribution >= 4 is 40.9 Å². The molecular formula is C23H30ClN3O4. The number of fused-ring (bicyclic) bond motifs is 1. The number of likely N-dealkylation sites (tertiary alicyclic amines) is 1. The number of carbonyl (C=O) groups excluding carboxylic acids is 3. The van der Waals surface area contributed by atoms with E-state index in [4.69, 9.17) is 10.5 Å². The second-order valence-corrected chi connectivity index (χ2v) is 8.22. The summed E-state index contributed by atoms with van der Waals surface area (Å²) in [5, 5.41) is 4.91. The summed E-state index contributed by atoms with van der Waals surface area (Å²) in [5.74, 6) is -1.21. The lowest BCUT2D eigenvalue weighted by Gasteiger charge is -2.32. The van der Waals surface area contributed by atoms with E-state index >= 15 is 0 Å². The maximum Gasteiger partial charge on any atom is 0.254 e. The fraction of sp³-hybridized carbons (Fsp3) is 0.435. The molecule has 1 unspecified atom stereocenters. The van der Waals surface area contributed by atoms with Crippen molar-refractivity contribution in [2.45, 2.75) is 50.8 Å². The van der Waals surface area contributed by atoms with Crippen molar-refractivity contribution in [3.8, 4) is 0 Å². The molecule has 0 spiro atoms. The van der Waals surface area contributed by atoms with Crippen LogP contribution >= 0.6 is 12.4 Å². The van der Waals surface area contributed by atoms with Crippen LogP contribution in [0.3, 0.4) is 0 Å². The molecule has 0 radical (unpaired) electrons. The maximum atomic E-state index is 12.9. The number of methoxy groups -OCH3 is 1. The Morgan fingerprint density at radius 1 is 1.19 bits per heavy atom. The standard InChI is InChI=1S/C23H29N3O4.ClH/c1-23(2,30-3)22(29)26-12-6-9-19(26)21(28)25-18(20(24)27)14-15-10-11-16-7-4-5-8-17(16)13-15;/h4-5,7-8,10-11,13,18-19H,6,9,12,14H2,1-3H3,(H2,24,27)(H,25,28);1H/t18?,19-;/m0./s1. The van der Waals surface area contributed by atoms with E-state index < -0.39 is 23.6 Å². The number of rotatable bonds is 7. The number of benzene rings is 2. The van der Waals surface area contributed by atoms with Gasteiger partial charge in [0.25, 0.3) is 5.91 Å². The van der Waals surface area contributed by atoms with Crippen LogP contribution in [0.25, 0.3) is 10.8 Å². The van der Waals surface area contributed by atoms with Crippen molar-refractivity contribution in [2.24, 2.45) is 5.73 Å². The van der Waals surface area contributed by atoms with E-state index in [1.165, 1.54) is 12.0 Å². The average molecular weight is 448 g/mol. The number of nitrogens with one attached hydrogen (secondary N) is 1. The minimum atomic E-state index is -1.02. The molecule has 8 heteroatoms. The van der Waals surface area contributed by atoms with Crippen molar-refractivity contribution < 1.29 is 19.1 Å². The second kappa shape index (κ2) is 10.1. The van der Waals surface area contributed by atoms with E-state index in [-0.39, 0.29) is 30.6 Å². The molecule has 0 aromatic heterocycles. The maximum absolute atomic E-state index is 12.9. The lowest BCUT2D eigenvalue weighted by Crippen LogP contribution is -2.56. The Hall–Kier alpha value is -2.64. The summed E-state index contributed by atoms with van der Waals surface area (Å²) in [4.78, 5) is 39.3. The first kappa shape index (κ1) is 24.6. The zero-order valence-corrected chi connectivity index (χ0v) is 18.9. The van der Waals surface area contributed by atoms with Crippen LogP contribution in [0.15, 0.2) is 42.5 Å². The number of amides is 3. The molecule has 0 aliphatic carbocycles. The van der Waals surface area contributed by atoms with E-state index in [0.29, 0.717) is 13.0 Å². The predicted octanol–water partition coefficient (Wildman–Crippen LogP) is 2.19. The van der Waals surface area contributed by atoms with Gasteiger partial charge < -0.3 is 20.7 Å². The Balaban J connectivity index is 0.00000341. The van der Waals surface area contributed by atoms with Gasteiger partial charge in [-0.05, 0) is 43.0 Å². The molecule has 3 N–H and O–H groups in total. The van der Waals surface area contributed by atoms with Gasteiger partial charge in [-0.25, -0.2) is 0 Å². The summed E-state index contributed by atoms with van der Waals surface area (Å²) >= 11 is 0. The summed E-state index contributed by atoms with van der Waals surface area (Å²) in [6, 6.07) is 12.3. The van der Waals surface area contributed by atoms with Crippen LogP contribution in [0.4, 0.5) is 0 Å². The lowest BCUT2D eigenvalue weighted by molar-refractivity contribution is -0.154. The number of nitrogens with two attached hydrogens (primary N) is 1. The first-order valence-corrected chi connectivity index (χ1v) is 10.2. The Morgan fingerprint density at radius 3 is 2.52 bits per heavy atom. The molecule has 1 aliphatic heterocycles. The third-order valence-corrected chi connectivity index (χ3v) is 5.76. The topological polar surface area (TPSA) is 102 Å². The Kier molecular flexibility index (Phi) is 8.03. The van der Waals surface area contributed by atoms with Crippen LogP contribution in [-0.4, -0.2) is 54.0 Å². The van der Waals surface area contributed by atoms with Gasteiger partial charge in [-0.3, -0.25) is 14.4 Å². The number of hydrogen-bond acceptors (Lipinski definition) is 4. The van der Waals surface area contributed by atoms with E-state index in [1.54, 1.807) is 13.8 Å². The van der Waals surface area contributed by atoms with Crippen LogP contribution < -0.4 is 11.1 Å². The number of halogens is 1. The number of nitrogens with zero attached hydrogens (tertiary/aromatic N) is 1. The lowest BCUT2D eigenvalue weighted by atomic mass is 10.0. The Bertz CT molecular complexity index is 963. The van der Waals surface area contributed by atoms with Gasteiger partial charge in [-0.1, -0.05) is 42.5 Å². The molecule has 3 rings (SSSR count). The minimum absolute atomic E-state index is 0. The summed E-state index contributed by atoms with van der Waals surface area (Å²) in [5.41, 5.74) is 5.46. The summed E-state index contributed by atoms with van der Waals surface area (Å²) in [7, 11) is 1.47. The van der Waals surface area contributed by atoms with Crippen molar-refractivity contribution in [3.05, 3.63) is 48.0 Å². The molecule has 7 nitrogen and oxygen atoms in total. The SMILES string of the molecule is COC(C)(C)C(=O)N1CCC[C@H]1C(=O)NC(Cc1ccc2ccccc2c1)C(N)=O.Cl. The number of primary amides is 1. The Labute approximate surface area is 188 Å². The Morgan fingerprint density at radius 2 is 1.87 bits per heavy atom. The van der Waals surface area contributed by atoms with Gasteiger partial charge in [-0.2, -0.15) is 0 Å². The van der Waals surface area contributed by atoms with Gasteiger partial charge in [-0.15, -0.1) is 12.4 Å². The molecule has 1 fully saturated rings. The van der Waals surface area contributed by atoms with E-state index in [2.05, 4.69) is 5.32 Å².